The van der Waals surface area contributed by atoms with E-state index >= 15 is 0 Å². The van der Waals surface area contributed by atoms with Gasteiger partial charge in [0.05, 0.1) is 17.8 Å². The number of nitrogens with one attached hydrogen (secondary N) is 2. The number of anilines is 1. The van der Waals surface area contributed by atoms with Crippen molar-refractivity contribution in [2.45, 2.75) is 40.4 Å². The molecule has 3 rings (SSSR count). The summed E-state index contributed by atoms with van der Waals surface area (Å²) in [5.74, 6) is -0.497. The number of carbonyl (C=O) groups is 1. The highest BCUT2D eigenvalue weighted by Crippen LogP contribution is 2.34. The van der Waals surface area contributed by atoms with Crippen molar-refractivity contribution >= 4 is 17.6 Å². The largest absolute Gasteiger partial charge is 0.417 e. The molecule has 0 fully saturated rings. The van der Waals surface area contributed by atoms with Gasteiger partial charge in [-0.15, -0.1) is 0 Å². The van der Waals surface area contributed by atoms with E-state index in [1.54, 1.807) is 31.6 Å². The summed E-state index contributed by atoms with van der Waals surface area (Å²) in [6.45, 7) is 7.15. The number of carbonyl (C=O) groups excluding carboxylic acids is 1. The van der Waals surface area contributed by atoms with E-state index in [2.05, 4.69) is 20.7 Å². The van der Waals surface area contributed by atoms with Crippen LogP contribution >= 0.6 is 0 Å². The van der Waals surface area contributed by atoms with Crippen molar-refractivity contribution in [3.63, 3.8) is 0 Å². The Kier molecular flexibility index (Phi) is 4.49. The summed E-state index contributed by atoms with van der Waals surface area (Å²) in [5.41, 5.74) is 2.86. The number of amides is 1. The maximum absolute atomic E-state index is 13.6. The molecule has 0 aromatic carbocycles. The van der Waals surface area contributed by atoms with Crippen LogP contribution in [-0.2, 0) is 17.5 Å². The molecule has 6 nitrogen and oxygen atoms in total. The molecule has 0 aliphatic carbocycles. The summed E-state index contributed by atoms with van der Waals surface area (Å²) in [6, 6.07) is 2.74. The Morgan fingerprint density at radius 3 is 2.59 bits per heavy atom. The van der Waals surface area contributed by atoms with Gasteiger partial charge in [0.25, 0.3) is 0 Å². The zero-order valence-electron chi connectivity index (χ0n) is 15.4. The Morgan fingerprint density at radius 2 is 1.96 bits per heavy atom. The third-order valence-electron chi connectivity index (χ3n) is 4.05. The van der Waals surface area contributed by atoms with Crippen LogP contribution in [0.4, 0.5) is 19.0 Å². The third-order valence-corrected chi connectivity index (χ3v) is 4.05. The number of aliphatic imine (C=N–C) groups is 1. The van der Waals surface area contributed by atoms with Gasteiger partial charge in [0.1, 0.15) is 11.7 Å². The number of hydrogen-bond acceptors (Lipinski definition) is 4. The standard InChI is InChI=1S/C18H20F3N5O/c1-10-5-11-7-23-15(25-26(11)9-10)12-8-22-14(6-13(12)18(19,20)21)24-16(27)17(2,3)4/h5-6,8-9H,7H2,1-4H3,(H,23,25)(H,22,24,27). The minimum absolute atomic E-state index is 0.0756. The predicted molar refractivity (Wildman–Crippen MR) is 96.1 cm³/mol. The number of aryl methyl sites for hydroxylation is 1. The topological polar surface area (TPSA) is 71.3 Å². The fourth-order valence-corrected chi connectivity index (χ4v) is 2.59. The van der Waals surface area contributed by atoms with Crippen LogP contribution in [-0.4, -0.2) is 21.4 Å². The molecule has 1 amide bonds. The van der Waals surface area contributed by atoms with E-state index in [1.807, 2.05) is 13.0 Å². The SMILES string of the molecule is Cc1cc2n(c1)NC(c1cnc(NC(=O)C(C)(C)C)cc1C(F)(F)F)=NC2. The van der Waals surface area contributed by atoms with Crippen LogP contribution in [0.3, 0.4) is 0 Å². The predicted octanol–water partition coefficient (Wildman–Crippen LogP) is 3.70. The smallest absolute Gasteiger partial charge is 0.310 e. The molecule has 0 saturated heterocycles. The van der Waals surface area contributed by atoms with Crippen LogP contribution in [0, 0.1) is 12.3 Å². The van der Waals surface area contributed by atoms with Crippen molar-refractivity contribution < 1.29 is 18.0 Å². The molecule has 1 aliphatic heterocycles. The van der Waals surface area contributed by atoms with E-state index in [0.29, 0.717) is 0 Å². The molecule has 144 valence electrons. The zero-order valence-corrected chi connectivity index (χ0v) is 15.4. The van der Waals surface area contributed by atoms with Crippen molar-refractivity contribution in [3.05, 3.63) is 46.9 Å². The van der Waals surface area contributed by atoms with Gasteiger partial charge in [0.2, 0.25) is 5.91 Å². The van der Waals surface area contributed by atoms with E-state index in [4.69, 9.17) is 0 Å². The molecule has 0 saturated carbocycles. The fraction of sp³-hybridized carbons (Fsp3) is 0.389. The first kappa shape index (κ1) is 18.9. The van der Waals surface area contributed by atoms with Gasteiger partial charge < -0.3 is 5.32 Å². The number of rotatable bonds is 2. The number of aromatic nitrogens is 2. The normalized spacial score (nSPS) is 14.3. The molecule has 0 unspecified atom stereocenters. The summed E-state index contributed by atoms with van der Waals surface area (Å²) in [5, 5.41) is 2.43. The highest BCUT2D eigenvalue weighted by atomic mass is 19.4. The van der Waals surface area contributed by atoms with Gasteiger partial charge in [0.15, 0.2) is 0 Å². The lowest BCUT2D eigenvalue weighted by Crippen LogP contribution is -2.31. The minimum atomic E-state index is -4.63. The van der Waals surface area contributed by atoms with E-state index in [1.165, 1.54) is 0 Å². The van der Waals surface area contributed by atoms with Crippen LogP contribution in [0.25, 0.3) is 0 Å². The van der Waals surface area contributed by atoms with Crippen molar-refractivity contribution in [2.24, 2.45) is 10.4 Å². The second-order valence-electron chi connectivity index (χ2n) is 7.47. The van der Waals surface area contributed by atoms with Crippen molar-refractivity contribution in [3.8, 4) is 0 Å². The first-order chi connectivity index (χ1) is 12.4. The first-order valence-electron chi connectivity index (χ1n) is 8.33. The summed E-state index contributed by atoms with van der Waals surface area (Å²) in [4.78, 5) is 20.2. The summed E-state index contributed by atoms with van der Waals surface area (Å²) < 4.78 is 42.5. The van der Waals surface area contributed by atoms with Crippen molar-refractivity contribution in [1.82, 2.24) is 9.66 Å². The number of alkyl halides is 3. The van der Waals surface area contributed by atoms with Gasteiger partial charge >= 0.3 is 6.18 Å². The van der Waals surface area contributed by atoms with E-state index in [0.717, 1.165) is 23.5 Å². The van der Waals surface area contributed by atoms with E-state index < -0.39 is 23.1 Å². The van der Waals surface area contributed by atoms with Crippen molar-refractivity contribution in [1.29, 1.82) is 0 Å². The van der Waals surface area contributed by atoms with Gasteiger partial charge in [0, 0.05) is 23.4 Å². The van der Waals surface area contributed by atoms with Crippen LogP contribution < -0.4 is 10.7 Å². The minimum Gasteiger partial charge on any atom is -0.310 e. The lowest BCUT2D eigenvalue weighted by Gasteiger charge is -2.22. The maximum Gasteiger partial charge on any atom is 0.417 e. The molecular formula is C18H20F3N5O. The second kappa shape index (κ2) is 6.40. The molecule has 0 atom stereocenters. The Labute approximate surface area is 154 Å². The van der Waals surface area contributed by atoms with Gasteiger partial charge in [-0.2, -0.15) is 13.2 Å². The number of amidine groups is 1. The van der Waals surface area contributed by atoms with Crippen molar-refractivity contribution in [2.75, 3.05) is 10.7 Å². The molecule has 0 bridgehead atoms. The Morgan fingerprint density at radius 1 is 1.26 bits per heavy atom. The average molecular weight is 379 g/mol. The van der Waals surface area contributed by atoms with Gasteiger partial charge in [-0.1, -0.05) is 20.8 Å². The fourth-order valence-electron chi connectivity index (χ4n) is 2.59. The molecule has 2 aromatic rings. The van der Waals surface area contributed by atoms with Gasteiger partial charge in [-0.3, -0.25) is 19.9 Å². The highest BCUT2D eigenvalue weighted by molar-refractivity contribution is 6.06. The lowest BCUT2D eigenvalue weighted by molar-refractivity contribution is -0.137. The summed E-state index contributed by atoms with van der Waals surface area (Å²) >= 11 is 0. The number of halogens is 3. The zero-order chi connectivity index (χ0) is 20.0. The Hall–Kier alpha value is -2.84. The van der Waals surface area contributed by atoms with Crippen LogP contribution in [0.1, 0.15) is 43.2 Å². The molecule has 27 heavy (non-hydrogen) atoms. The van der Waals surface area contributed by atoms with E-state index in [9.17, 15) is 18.0 Å². The maximum atomic E-state index is 13.6. The number of nitrogens with zero attached hydrogens (tertiary/aromatic N) is 3. The molecule has 9 heteroatoms. The molecule has 2 N–H and O–H groups in total. The second-order valence-corrected chi connectivity index (χ2v) is 7.47. The van der Waals surface area contributed by atoms with Crippen LogP contribution in [0.2, 0.25) is 0 Å². The Bertz CT molecular complexity index is 922. The van der Waals surface area contributed by atoms with Crippen LogP contribution in [0.15, 0.2) is 29.5 Å². The molecule has 1 aliphatic rings. The highest BCUT2D eigenvalue weighted by Gasteiger charge is 2.36. The van der Waals surface area contributed by atoms with Gasteiger partial charge in [-0.05, 0) is 24.6 Å². The molecule has 0 radical (unpaired) electrons. The molecule has 3 heterocycles. The Balaban J connectivity index is 1.96. The monoisotopic (exact) mass is 379 g/mol. The summed E-state index contributed by atoms with van der Waals surface area (Å²) in [6.07, 6.45) is -1.77. The average Bonchev–Trinajstić information content (AvgIpc) is 2.92. The molecule has 0 spiro atoms. The van der Waals surface area contributed by atoms with Gasteiger partial charge in [-0.25, -0.2) is 4.98 Å². The lowest BCUT2D eigenvalue weighted by atomic mass is 9.96. The van der Waals surface area contributed by atoms with Crippen LogP contribution in [0.5, 0.6) is 0 Å². The number of hydrogen-bond donors (Lipinski definition) is 2. The first-order valence-corrected chi connectivity index (χ1v) is 8.33. The quantitative estimate of drug-likeness (QED) is 0.836. The molecular weight excluding hydrogens is 359 g/mol. The van der Waals surface area contributed by atoms with E-state index in [-0.39, 0.29) is 23.8 Å². The number of fused-ring (bicyclic) bond motifs is 1. The molecule has 2 aromatic heterocycles. The summed E-state index contributed by atoms with van der Waals surface area (Å²) in [7, 11) is 0. The third kappa shape index (κ3) is 3.96. The number of pyridine rings is 1.